The topological polar surface area (TPSA) is 74.7 Å². The molecule has 1 aromatic rings. The Morgan fingerprint density at radius 1 is 1.48 bits per heavy atom. The molecule has 1 aliphatic rings. The van der Waals surface area contributed by atoms with Crippen molar-refractivity contribution in [2.24, 2.45) is 5.92 Å². The largest absolute Gasteiger partial charge is 0.481 e. The number of carbonyl (C=O) groups is 1. The summed E-state index contributed by atoms with van der Waals surface area (Å²) in [7, 11) is -3.82. The molecule has 2 atom stereocenters. The van der Waals surface area contributed by atoms with E-state index in [0.29, 0.717) is 23.9 Å². The van der Waals surface area contributed by atoms with Gasteiger partial charge in [0.2, 0.25) is 10.0 Å². The van der Waals surface area contributed by atoms with E-state index >= 15 is 0 Å². The molecule has 116 valence electrons. The first-order valence-electron chi connectivity index (χ1n) is 6.45. The maximum Gasteiger partial charge on any atom is 0.308 e. The van der Waals surface area contributed by atoms with E-state index in [9.17, 15) is 18.3 Å². The number of piperidine rings is 1. The molecule has 0 unspecified atom stereocenters. The van der Waals surface area contributed by atoms with E-state index in [1.165, 1.54) is 16.4 Å². The van der Waals surface area contributed by atoms with Crippen molar-refractivity contribution in [2.45, 2.75) is 30.7 Å². The predicted octanol–water partition coefficient (Wildman–Crippen LogP) is 2.98. The van der Waals surface area contributed by atoms with Crippen molar-refractivity contribution in [3.8, 4) is 0 Å². The monoisotopic (exact) mass is 395 g/mol. The zero-order valence-corrected chi connectivity index (χ0v) is 14.4. The quantitative estimate of drug-likeness (QED) is 0.852. The van der Waals surface area contributed by atoms with E-state index in [1.54, 1.807) is 13.0 Å². The standard InChI is InChI=1S/C13H15BrClNO4S/c1-8-10(13(17)18)3-2-6-16(8)21(19,20)12-7-9(14)4-5-11(12)15/h4-5,7-8,10H,2-3,6H2,1H3,(H,17,18)/t8-,10-/m1/s1. The van der Waals surface area contributed by atoms with Gasteiger partial charge in [0.25, 0.3) is 0 Å². The summed E-state index contributed by atoms with van der Waals surface area (Å²) in [5, 5.41) is 9.33. The first kappa shape index (κ1) is 16.7. The molecule has 0 amide bonds. The fourth-order valence-electron chi connectivity index (χ4n) is 2.58. The number of hydrogen-bond acceptors (Lipinski definition) is 3. The number of sulfonamides is 1. The minimum absolute atomic E-state index is 0.00331. The molecule has 8 heteroatoms. The van der Waals surface area contributed by atoms with Crippen molar-refractivity contribution in [3.05, 3.63) is 27.7 Å². The van der Waals surface area contributed by atoms with Crippen LogP contribution in [0.3, 0.4) is 0 Å². The molecule has 0 bridgehead atoms. The van der Waals surface area contributed by atoms with E-state index in [1.807, 2.05) is 0 Å². The molecule has 0 radical (unpaired) electrons. The molecule has 0 saturated carbocycles. The Balaban J connectivity index is 2.43. The molecular formula is C13H15BrClNO4S. The Morgan fingerprint density at radius 2 is 2.14 bits per heavy atom. The van der Waals surface area contributed by atoms with Gasteiger partial charge in [-0.1, -0.05) is 27.5 Å². The van der Waals surface area contributed by atoms with E-state index in [-0.39, 0.29) is 9.92 Å². The lowest BCUT2D eigenvalue weighted by molar-refractivity contribution is -0.144. The average Bonchev–Trinajstić information content (AvgIpc) is 2.41. The Kier molecular flexibility index (Phi) is 4.97. The molecule has 1 aliphatic heterocycles. The highest BCUT2D eigenvalue weighted by Crippen LogP contribution is 2.33. The lowest BCUT2D eigenvalue weighted by Crippen LogP contribution is -2.49. The molecule has 1 N–H and O–H groups in total. The molecular weight excluding hydrogens is 382 g/mol. The lowest BCUT2D eigenvalue weighted by atomic mass is 9.92. The number of carboxylic acid groups (broad SMARTS) is 1. The van der Waals surface area contributed by atoms with E-state index < -0.39 is 28.0 Å². The van der Waals surface area contributed by atoms with Crippen LogP contribution in [0.15, 0.2) is 27.6 Å². The van der Waals surface area contributed by atoms with Crippen LogP contribution in [0.5, 0.6) is 0 Å². The smallest absolute Gasteiger partial charge is 0.308 e. The van der Waals surface area contributed by atoms with Gasteiger partial charge < -0.3 is 5.11 Å². The molecule has 2 rings (SSSR count). The lowest BCUT2D eigenvalue weighted by Gasteiger charge is -2.36. The zero-order chi connectivity index (χ0) is 15.8. The maximum atomic E-state index is 12.8. The summed E-state index contributed by atoms with van der Waals surface area (Å²) in [4.78, 5) is 11.2. The maximum absolute atomic E-state index is 12.8. The fourth-order valence-corrected chi connectivity index (χ4v) is 5.30. The van der Waals surface area contributed by atoms with Crippen LogP contribution in [0.1, 0.15) is 19.8 Å². The van der Waals surface area contributed by atoms with Gasteiger partial charge in [0.15, 0.2) is 0 Å². The van der Waals surface area contributed by atoms with Crippen molar-refractivity contribution >= 4 is 43.5 Å². The van der Waals surface area contributed by atoms with Crippen LogP contribution in [0.2, 0.25) is 5.02 Å². The summed E-state index contributed by atoms with van der Waals surface area (Å²) >= 11 is 9.23. The minimum Gasteiger partial charge on any atom is -0.481 e. The highest BCUT2D eigenvalue weighted by molar-refractivity contribution is 9.10. The molecule has 0 aliphatic carbocycles. The normalized spacial score (nSPS) is 24.0. The van der Waals surface area contributed by atoms with Crippen LogP contribution in [-0.4, -0.2) is 36.4 Å². The minimum atomic E-state index is -3.82. The first-order chi connectivity index (χ1) is 9.75. The molecule has 21 heavy (non-hydrogen) atoms. The third kappa shape index (κ3) is 3.26. The Hall–Kier alpha value is -0.630. The number of halogens is 2. The summed E-state index contributed by atoms with van der Waals surface area (Å²) in [6.45, 7) is 1.93. The summed E-state index contributed by atoms with van der Waals surface area (Å²) in [5.41, 5.74) is 0. The van der Waals surface area contributed by atoms with Gasteiger partial charge in [-0.3, -0.25) is 4.79 Å². The second-order valence-electron chi connectivity index (χ2n) is 5.02. The van der Waals surface area contributed by atoms with Gasteiger partial charge in [-0.25, -0.2) is 8.42 Å². The molecule has 0 aromatic heterocycles. The van der Waals surface area contributed by atoms with Gasteiger partial charge in [0, 0.05) is 17.1 Å². The molecule has 1 aromatic carbocycles. The van der Waals surface area contributed by atoms with E-state index in [2.05, 4.69) is 15.9 Å². The van der Waals surface area contributed by atoms with Crippen LogP contribution >= 0.6 is 27.5 Å². The highest BCUT2D eigenvalue weighted by Gasteiger charge is 2.40. The van der Waals surface area contributed by atoms with Crippen molar-refractivity contribution in [2.75, 3.05) is 6.54 Å². The van der Waals surface area contributed by atoms with Gasteiger partial charge in [0.1, 0.15) is 4.90 Å². The van der Waals surface area contributed by atoms with Crippen molar-refractivity contribution in [3.63, 3.8) is 0 Å². The molecule has 1 heterocycles. The second kappa shape index (κ2) is 6.24. The van der Waals surface area contributed by atoms with E-state index in [0.717, 1.165) is 0 Å². The number of rotatable bonds is 3. The zero-order valence-electron chi connectivity index (χ0n) is 11.3. The van der Waals surface area contributed by atoms with Crippen LogP contribution in [-0.2, 0) is 14.8 Å². The van der Waals surface area contributed by atoms with Gasteiger partial charge in [-0.05, 0) is 38.0 Å². The summed E-state index contributed by atoms with van der Waals surface area (Å²) in [5.74, 6) is -1.66. The summed E-state index contributed by atoms with van der Waals surface area (Å²) < 4.78 is 27.4. The average molecular weight is 397 g/mol. The Morgan fingerprint density at radius 3 is 2.76 bits per heavy atom. The third-order valence-electron chi connectivity index (χ3n) is 3.73. The van der Waals surface area contributed by atoms with Gasteiger partial charge in [-0.2, -0.15) is 4.31 Å². The third-order valence-corrected chi connectivity index (χ3v) is 6.69. The SMILES string of the molecule is C[C@@H]1[C@H](C(=O)O)CCCN1S(=O)(=O)c1cc(Br)ccc1Cl. The van der Waals surface area contributed by atoms with Crippen LogP contribution in [0.25, 0.3) is 0 Å². The number of carboxylic acids is 1. The predicted molar refractivity (Wildman–Crippen MR) is 82.9 cm³/mol. The van der Waals surface area contributed by atoms with Crippen molar-refractivity contribution in [1.82, 2.24) is 4.31 Å². The Labute approximate surface area is 137 Å². The Bertz CT molecular complexity index is 664. The van der Waals surface area contributed by atoms with E-state index in [4.69, 9.17) is 11.6 Å². The van der Waals surface area contributed by atoms with Gasteiger partial charge >= 0.3 is 5.97 Å². The van der Waals surface area contributed by atoms with Gasteiger partial charge in [0.05, 0.1) is 10.9 Å². The van der Waals surface area contributed by atoms with Crippen LogP contribution in [0.4, 0.5) is 0 Å². The highest BCUT2D eigenvalue weighted by atomic mass is 79.9. The number of benzene rings is 1. The van der Waals surface area contributed by atoms with Crippen molar-refractivity contribution in [1.29, 1.82) is 0 Å². The molecule has 1 fully saturated rings. The van der Waals surface area contributed by atoms with Crippen molar-refractivity contribution < 1.29 is 18.3 Å². The van der Waals surface area contributed by atoms with Gasteiger partial charge in [-0.15, -0.1) is 0 Å². The summed E-state index contributed by atoms with van der Waals surface area (Å²) in [6, 6.07) is 3.99. The molecule has 1 saturated heterocycles. The first-order valence-corrected chi connectivity index (χ1v) is 9.06. The van der Waals surface area contributed by atoms with Crippen LogP contribution in [0, 0.1) is 5.92 Å². The number of aliphatic carboxylic acids is 1. The second-order valence-corrected chi connectivity index (χ2v) is 8.20. The van der Waals surface area contributed by atoms with Crippen LogP contribution < -0.4 is 0 Å². The molecule has 5 nitrogen and oxygen atoms in total. The molecule has 0 spiro atoms. The number of nitrogens with zero attached hydrogens (tertiary/aromatic N) is 1. The number of hydrogen-bond donors (Lipinski definition) is 1. The summed E-state index contributed by atoms with van der Waals surface area (Å²) in [6.07, 6.45) is 1.00. The fraction of sp³-hybridized carbons (Fsp3) is 0.462.